The van der Waals surface area contributed by atoms with Crippen LogP contribution in [-0.2, 0) is 0 Å². The molecule has 0 spiro atoms. The second-order valence-corrected chi connectivity index (χ2v) is 4.56. The molecule has 0 radical (unpaired) electrons. The molecule has 0 aliphatic carbocycles. The van der Waals surface area contributed by atoms with Crippen molar-refractivity contribution in [3.8, 4) is 17.2 Å². The summed E-state index contributed by atoms with van der Waals surface area (Å²) in [7, 11) is 3.15. The molecule has 0 aliphatic heterocycles. The van der Waals surface area contributed by atoms with Crippen LogP contribution in [0.5, 0.6) is 11.5 Å². The van der Waals surface area contributed by atoms with E-state index in [9.17, 15) is 0 Å². The first-order valence-electron chi connectivity index (χ1n) is 5.27. The third-order valence-electron chi connectivity index (χ3n) is 2.56. The molecule has 4 nitrogen and oxygen atoms in total. The average Bonchev–Trinajstić information content (AvgIpc) is 2.68. The first kappa shape index (κ1) is 13.0. The van der Waals surface area contributed by atoms with Gasteiger partial charge >= 0.3 is 0 Å². The summed E-state index contributed by atoms with van der Waals surface area (Å²) in [5.74, 6) is 1.21. The molecule has 2 aromatic rings. The molecule has 6 heteroatoms. The van der Waals surface area contributed by atoms with E-state index in [1.54, 1.807) is 26.4 Å². The molecule has 0 saturated carbocycles. The molecule has 0 saturated heterocycles. The smallest absolute Gasteiger partial charge is 0.182 e. The number of nitrogens with one attached hydrogen (secondary N) is 1. The van der Waals surface area contributed by atoms with Gasteiger partial charge in [0.25, 0.3) is 0 Å². The lowest BCUT2D eigenvalue weighted by Gasteiger charge is -2.12. The maximum absolute atomic E-state index is 6.13. The Labute approximate surface area is 115 Å². The molecule has 0 fully saturated rings. The zero-order valence-corrected chi connectivity index (χ0v) is 11.9. The molecule has 0 bridgehead atoms. The number of nitrogens with zero attached hydrogens (tertiary/aromatic N) is 1. The average molecular weight is 285 g/mol. The summed E-state index contributed by atoms with van der Waals surface area (Å²) < 4.78 is 12.9. The molecular formula is C12H13ClN2O2S. The van der Waals surface area contributed by atoms with E-state index in [0.717, 1.165) is 11.4 Å². The summed E-state index contributed by atoms with van der Waals surface area (Å²) in [6.07, 6.45) is 1.89. The van der Waals surface area contributed by atoms with E-state index in [1.165, 1.54) is 0 Å². The number of rotatable bonds is 3. The number of aromatic nitrogens is 2. The van der Waals surface area contributed by atoms with E-state index in [1.807, 2.05) is 17.7 Å². The highest BCUT2D eigenvalue weighted by Crippen LogP contribution is 2.34. The van der Waals surface area contributed by atoms with Crippen LogP contribution >= 0.6 is 23.8 Å². The van der Waals surface area contributed by atoms with Gasteiger partial charge in [0.2, 0.25) is 0 Å². The molecule has 0 amide bonds. The van der Waals surface area contributed by atoms with Crippen molar-refractivity contribution in [1.82, 2.24) is 9.55 Å². The molecule has 1 aromatic carbocycles. The Balaban J connectivity index is 2.67. The van der Waals surface area contributed by atoms with E-state index in [4.69, 9.17) is 33.3 Å². The van der Waals surface area contributed by atoms with Crippen LogP contribution in [-0.4, -0.2) is 23.8 Å². The van der Waals surface area contributed by atoms with E-state index in [2.05, 4.69) is 4.98 Å². The van der Waals surface area contributed by atoms with E-state index >= 15 is 0 Å². The number of benzene rings is 1. The maximum Gasteiger partial charge on any atom is 0.182 e. The van der Waals surface area contributed by atoms with Gasteiger partial charge in [-0.05, 0) is 25.2 Å². The summed E-state index contributed by atoms with van der Waals surface area (Å²) in [5, 5.41) is 0.508. The van der Waals surface area contributed by atoms with E-state index in [0.29, 0.717) is 21.3 Å². The molecule has 1 aromatic heterocycles. The Hall–Kier alpha value is -1.46. The fourth-order valence-electron chi connectivity index (χ4n) is 1.72. The summed E-state index contributed by atoms with van der Waals surface area (Å²) in [6, 6.07) is 3.50. The van der Waals surface area contributed by atoms with Gasteiger partial charge in [-0.15, -0.1) is 0 Å². The maximum atomic E-state index is 6.13. The number of ether oxygens (including phenoxy) is 2. The van der Waals surface area contributed by atoms with Gasteiger partial charge in [-0.2, -0.15) is 0 Å². The fraction of sp³-hybridized carbons (Fsp3) is 0.250. The minimum atomic E-state index is 0.508. The monoisotopic (exact) mass is 284 g/mol. The molecular weight excluding hydrogens is 272 g/mol. The second-order valence-electron chi connectivity index (χ2n) is 3.77. The minimum absolute atomic E-state index is 0.508. The van der Waals surface area contributed by atoms with Crippen molar-refractivity contribution in [2.75, 3.05) is 14.2 Å². The lowest BCUT2D eigenvalue weighted by molar-refractivity contribution is 0.393. The largest absolute Gasteiger partial charge is 0.495 e. The number of H-pyrrole nitrogens is 1. The van der Waals surface area contributed by atoms with Crippen molar-refractivity contribution in [1.29, 1.82) is 0 Å². The van der Waals surface area contributed by atoms with Crippen molar-refractivity contribution in [2.45, 2.75) is 6.92 Å². The minimum Gasteiger partial charge on any atom is -0.495 e. The SMILES string of the molecule is COc1cc(OC)c(-n2cc(C)[nH]c2=S)cc1Cl. The summed E-state index contributed by atoms with van der Waals surface area (Å²) >= 11 is 11.4. The summed E-state index contributed by atoms with van der Waals surface area (Å²) in [4.78, 5) is 3.05. The molecule has 0 atom stereocenters. The van der Waals surface area contributed by atoms with Crippen molar-refractivity contribution >= 4 is 23.8 Å². The topological polar surface area (TPSA) is 39.2 Å². The summed E-state index contributed by atoms with van der Waals surface area (Å²) in [5.41, 5.74) is 1.74. The zero-order valence-electron chi connectivity index (χ0n) is 10.3. The molecule has 1 N–H and O–H groups in total. The first-order chi connectivity index (χ1) is 8.56. The molecule has 0 unspecified atom stereocenters. The van der Waals surface area contributed by atoms with Crippen LogP contribution in [0.1, 0.15) is 5.69 Å². The predicted octanol–water partition coefficient (Wildman–Crippen LogP) is 3.51. The van der Waals surface area contributed by atoms with Gasteiger partial charge in [-0.25, -0.2) is 0 Å². The lowest BCUT2D eigenvalue weighted by Crippen LogP contribution is -1.98. The zero-order chi connectivity index (χ0) is 13.3. The third kappa shape index (κ3) is 2.23. The van der Waals surface area contributed by atoms with Crippen LogP contribution in [0.4, 0.5) is 0 Å². The van der Waals surface area contributed by atoms with Gasteiger partial charge in [0.05, 0.1) is 24.9 Å². The van der Waals surface area contributed by atoms with Crippen LogP contribution in [0.2, 0.25) is 5.02 Å². The highest BCUT2D eigenvalue weighted by molar-refractivity contribution is 7.71. The number of imidazole rings is 1. The molecule has 96 valence electrons. The number of hydrogen-bond acceptors (Lipinski definition) is 3. The number of aryl methyl sites for hydroxylation is 1. The van der Waals surface area contributed by atoms with Crippen LogP contribution in [0.25, 0.3) is 5.69 Å². The Morgan fingerprint density at radius 3 is 2.39 bits per heavy atom. The van der Waals surface area contributed by atoms with Crippen molar-refractivity contribution < 1.29 is 9.47 Å². The van der Waals surface area contributed by atoms with Gasteiger partial charge in [-0.3, -0.25) is 4.57 Å². The molecule has 2 rings (SSSR count). The van der Waals surface area contributed by atoms with Crippen molar-refractivity contribution in [3.05, 3.63) is 33.8 Å². The Bertz CT molecular complexity index is 633. The van der Waals surface area contributed by atoms with Gasteiger partial charge in [0, 0.05) is 18.0 Å². The number of hydrogen-bond donors (Lipinski definition) is 1. The normalized spacial score (nSPS) is 10.4. The van der Waals surface area contributed by atoms with Crippen molar-refractivity contribution in [3.63, 3.8) is 0 Å². The quantitative estimate of drug-likeness (QED) is 0.877. The Morgan fingerprint density at radius 2 is 1.89 bits per heavy atom. The summed E-state index contributed by atoms with van der Waals surface area (Å²) in [6.45, 7) is 1.93. The third-order valence-corrected chi connectivity index (χ3v) is 3.15. The van der Waals surface area contributed by atoms with Gasteiger partial charge in [0.15, 0.2) is 4.77 Å². The predicted molar refractivity (Wildman–Crippen MR) is 73.8 cm³/mol. The standard InChI is InChI=1S/C12H13ClN2O2S/c1-7-6-15(12(18)14-7)9-4-8(13)10(16-2)5-11(9)17-3/h4-6H,1-3H3,(H,14,18). The Kier molecular flexibility index (Phi) is 3.63. The second kappa shape index (κ2) is 5.04. The number of aromatic amines is 1. The van der Waals surface area contributed by atoms with Crippen LogP contribution in [0, 0.1) is 11.7 Å². The lowest BCUT2D eigenvalue weighted by atomic mass is 10.2. The highest BCUT2D eigenvalue weighted by atomic mass is 35.5. The van der Waals surface area contributed by atoms with Gasteiger partial charge in [-0.1, -0.05) is 11.6 Å². The number of methoxy groups -OCH3 is 2. The van der Waals surface area contributed by atoms with E-state index in [-0.39, 0.29) is 0 Å². The van der Waals surface area contributed by atoms with Gasteiger partial charge < -0.3 is 14.5 Å². The van der Waals surface area contributed by atoms with Crippen LogP contribution in [0.15, 0.2) is 18.3 Å². The molecule has 18 heavy (non-hydrogen) atoms. The fourth-order valence-corrected chi connectivity index (χ4v) is 2.27. The Morgan fingerprint density at radius 1 is 1.22 bits per heavy atom. The highest BCUT2D eigenvalue weighted by Gasteiger charge is 2.12. The van der Waals surface area contributed by atoms with E-state index < -0.39 is 0 Å². The molecule has 1 heterocycles. The first-order valence-corrected chi connectivity index (χ1v) is 6.05. The number of halogens is 1. The van der Waals surface area contributed by atoms with Crippen LogP contribution < -0.4 is 9.47 Å². The van der Waals surface area contributed by atoms with Crippen molar-refractivity contribution in [2.24, 2.45) is 0 Å². The molecule has 0 aliphatic rings. The van der Waals surface area contributed by atoms with Crippen LogP contribution in [0.3, 0.4) is 0 Å². The van der Waals surface area contributed by atoms with Gasteiger partial charge in [0.1, 0.15) is 11.5 Å².